The Labute approximate surface area is 160 Å². The topological polar surface area (TPSA) is 74.5 Å². The highest BCUT2D eigenvalue weighted by molar-refractivity contribution is 14.0. The Kier molecular flexibility index (Phi) is 9.90. The summed E-state index contributed by atoms with van der Waals surface area (Å²) in [6.07, 6.45) is 6.75. The summed E-state index contributed by atoms with van der Waals surface area (Å²) in [5.74, 6) is 1.14. The second-order valence-corrected chi connectivity index (χ2v) is 5.32. The third-order valence-electron chi connectivity index (χ3n) is 3.51. The van der Waals surface area contributed by atoms with Crippen LogP contribution in [0, 0.1) is 0 Å². The first kappa shape index (κ1) is 20.3. The lowest BCUT2D eigenvalue weighted by molar-refractivity contribution is 0.475. The largest absolute Gasteiger partial charge is 0.508 e. The number of phenolic OH excluding ortho intramolecular Hbond substituents is 1. The average Bonchev–Trinajstić information content (AvgIpc) is 3.08. The summed E-state index contributed by atoms with van der Waals surface area (Å²) in [6.45, 7) is 2.62. The summed E-state index contributed by atoms with van der Waals surface area (Å²) in [7, 11) is 1.78. The molecule has 0 spiro atoms. The fraction of sp³-hybridized carbons (Fsp3) is 0.412. The molecule has 1 aromatic heterocycles. The summed E-state index contributed by atoms with van der Waals surface area (Å²) in [5.41, 5.74) is 1.23. The molecule has 0 unspecified atom stereocenters. The van der Waals surface area contributed by atoms with Crippen molar-refractivity contribution < 1.29 is 5.11 Å². The number of aromatic hydroxyl groups is 1. The summed E-state index contributed by atoms with van der Waals surface area (Å²) in [6, 6.07) is 9.29. The maximum absolute atomic E-state index is 9.25. The van der Waals surface area contributed by atoms with Gasteiger partial charge in [0.15, 0.2) is 5.96 Å². The van der Waals surface area contributed by atoms with E-state index >= 15 is 0 Å². The number of nitrogens with one attached hydrogen (secondary N) is 2. The molecular formula is C17H26IN5O. The molecule has 0 saturated carbocycles. The van der Waals surface area contributed by atoms with Crippen LogP contribution in [0.4, 0.5) is 0 Å². The maximum atomic E-state index is 9.25. The van der Waals surface area contributed by atoms with E-state index in [1.807, 2.05) is 29.1 Å². The summed E-state index contributed by atoms with van der Waals surface area (Å²) < 4.78 is 1.93. The predicted molar refractivity (Wildman–Crippen MR) is 108 cm³/mol. The zero-order valence-corrected chi connectivity index (χ0v) is 16.3. The Morgan fingerprint density at radius 1 is 1.17 bits per heavy atom. The molecule has 1 aromatic carbocycles. The van der Waals surface area contributed by atoms with Crippen LogP contribution < -0.4 is 10.6 Å². The minimum atomic E-state index is 0. The van der Waals surface area contributed by atoms with Gasteiger partial charge >= 0.3 is 0 Å². The smallest absolute Gasteiger partial charge is 0.190 e. The monoisotopic (exact) mass is 443 g/mol. The Morgan fingerprint density at radius 3 is 2.50 bits per heavy atom. The Hall–Kier alpha value is -1.77. The molecule has 0 bridgehead atoms. The van der Waals surface area contributed by atoms with Crippen LogP contribution in [0.2, 0.25) is 0 Å². The molecule has 0 atom stereocenters. The van der Waals surface area contributed by atoms with Crippen molar-refractivity contribution in [3.05, 3.63) is 48.3 Å². The van der Waals surface area contributed by atoms with Crippen LogP contribution in [0.25, 0.3) is 0 Å². The SMILES string of the molecule is CN=C(NCCCc1ccc(O)cc1)NCCCn1cccn1.I. The average molecular weight is 443 g/mol. The molecule has 2 rings (SSSR count). The van der Waals surface area contributed by atoms with Crippen molar-refractivity contribution >= 4 is 29.9 Å². The number of aliphatic imine (C=N–C) groups is 1. The van der Waals surface area contributed by atoms with Gasteiger partial charge in [-0.1, -0.05) is 12.1 Å². The van der Waals surface area contributed by atoms with Crippen molar-refractivity contribution in [2.45, 2.75) is 25.8 Å². The van der Waals surface area contributed by atoms with Gasteiger partial charge in [-0.25, -0.2) is 0 Å². The van der Waals surface area contributed by atoms with Gasteiger partial charge < -0.3 is 15.7 Å². The number of hydrogen-bond donors (Lipinski definition) is 3. The van der Waals surface area contributed by atoms with Crippen molar-refractivity contribution in [1.82, 2.24) is 20.4 Å². The predicted octanol–water partition coefficient (Wildman–Crippen LogP) is 2.39. The van der Waals surface area contributed by atoms with Gasteiger partial charge in [0.05, 0.1) is 0 Å². The van der Waals surface area contributed by atoms with E-state index in [0.717, 1.165) is 44.9 Å². The molecule has 7 heteroatoms. The number of phenols is 1. The van der Waals surface area contributed by atoms with Gasteiger partial charge in [-0.15, -0.1) is 24.0 Å². The number of aryl methyl sites for hydroxylation is 2. The first-order valence-electron chi connectivity index (χ1n) is 7.98. The third kappa shape index (κ3) is 7.67. The summed E-state index contributed by atoms with van der Waals surface area (Å²) in [5, 5.41) is 20.0. The number of rotatable bonds is 8. The van der Waals surface area contributed by atoms with E-state index in [0.29, 0.717) is 5.75 Å². The highest BCUT2D eigenvalue weighted by Crippen LogP contribution is 2.10. The zero-order valence-electron chi connectivity index (χ0n) is 14.0. The maximum Gasteiger partial charge on any atom is 0.190 e. The molecule has 3 N–H and O–H groups in total. The van der Waals surface area contributed by atoms with E-state index in [2.05, 4.69) is 20.7 Å². The van der Waals surface area contributed by atoms with Crippen LogP contribution >= 0.6 is 24.0 Å². The van der Waals surface area contributed by atoms with E-state index in [9.17, 15) is 5.11 Å². The molecule has 0 amide bonds. The minimum absolute atomic E-state index is 0. The van der Waals surface area contributed by atoms with Gasteiger partial charge in [0, 0.05) is 39.1 Å². The Morgan fingerprint density at radius 2 is 1.88 bits per heavy atom. The minimum Gasteiger partial charge on any atom is -0.508 e. The first-order chi connectivity index (χ1) is 11.3. The van der Waals surface area contributed by atoms with Crippen molar-refractivity contribution in [2.24, 2.45) is 4.99 Å². The molecule has 2 aromatic rings. The number of hydrogen-bond acceptors (Lipinski definition) is 3. The molecule has 0 saturated heterocycles. The van der Waals surface area contributed by atoms with E-state index in [-0.39, 0.29) is 24.0 Å². The lowest BCUT2D eigenvalue weighted by Crippen LogP contribution is -2.38. The van der Waals surface area contributed by atoms with Crippen molar-refractivity contribution in [2.75, 3.05) is 20.1 Å². The van der Waals surface area contributed by atoms with E-state index in [1.54, 1.807) is 25.4 Å². The molecular weight excluding hydrogens is 417 g/mol. The van der Waals surface area contributed by atoms with E-state index in [1.165, 1.54) is 5.56 Å². The van der Waals surface area contributed by atoms with Gasteiger partial charge in [0.2, 0.25) is 0 Å². The summed E-state index contributed by atoms with van der Waals surface area (Å²) >= 11 is 0. The van der Waals surface area contributed by atoms with Crippen molar-refractivity contribution in [3.8, 4) is 5.75 Å². The molecule has 0 aliphatic carbocycles. The molecule has 1 heterocycles. The normalized spacial score (nSPS) is 11.0. The molecule has 0 radical (unpaired) electrons. The highest BCUT2D eigenvalue weighted by Gasteiger charge is 1.98. The quantitative estimate of drug-likeness (QED) is 0.254. The first-order valence-corrected chi connectivity index (χ1v) is 7.98. The molecule has 24 heavy (non-hydrogen) atoms. The Bertz CT molecular complexity index is 584. The number of halogens is 1. The number of nitrogens with zero attached hydrogens (tertiary/aromatic N) is 3. The molecule has 132 valence electrons. The van der Waals surface area contributed by atoms with Gasteiger partial charge in [-0.2, -0.15) is 5.10 Å². The molecule has 0 aliphatic heterocycles. The lowest BCUT2D eigenvalue weighted by atomic mass is 10.1. The lowest BCUT2D eigenvalue weighted by Gasteiger charge is -2.12. The third-order valence-corrected chi connectivity index (χ3v) is 3.51. The van der Waals surface area contributed by atoms with E-state index < -0.39 is 0 Å². The number of guanidine groups is 1. The number of benzene rings is 1. The van der Waals surface area contributed by atoms with Crippen LogP contribution in [0.1, 0.15) is 18.4 Å². The van der Waals surface area contributed by atoms with Gasteiger partial charge in [0.25, 0.3) is 0 Å². The fourth-order valence-electron chi connectivity index (χ4n) is 2.26. The fourth-order valence-corrected chi connectivity index (χ4v) is 2.26. The van der Waals surface area contributed by atoms with Gasteiger partial charge in [-0.05, 0) is 43.0 Å². The van der Waals surface area contributed by atoms with Crippen LogP contribution in [0.3, 0.4) is 0 Å². The number of aromatic nitrogens is 2. The molecule has 0 fully saturated rings. The van der Waals surface area contributed by atoms with Crippen LogP contribution in [0.5, 0.6) is 5.75 Å². The standard InChI is InChI=1S/C17H25N5O.HI/c1-18-17(20-11-3-13-22-14-4-12-21-22)19-10-2-5-15-6-8-16(23)9-7-15;/h4,6-9,12,14,23H,2-3,5,10-11,13H2,1H3,(H2,18,19,20);1H. The molecule has 0 aliphatic rings. The second-order valence-electron chi connectivity index (χ2n) is 5.32. The molecule has 6 nitrogen and oxygen atoms in total. The van der Waals surface area contributed by atoms with E-state index in [4.69, 9.17) is 0 Å². The van der Waals surface area contributed by atoms with Crippen molar-refractivity contribution in [1.29, 1.82) is 0 Å². The van der Waals surface area contributed by atoms with Crippen molar-refractivity contribution in [3.63, 3.8) is 0 Å². The van der Waals surface area contributed by atoms with Gasteiger partial charge in [0.1, 0.15) is 5.75 Å². The van der Waals surface area contributed by atoms with Crippen LogP contribution in [0.15, 0.2) is 47.7 Å². The van der Waals surface area contributed by atoms with Crippen LogP contribution in [-0.4, -0.2) is 41.0 Å². The Balaban J connectivity index is 0.00000288. The van der Waals surface area contributed by atoms with Gasteiger partial charge in [-0.3, -0.25) is 9.67 Å². The second kappa shape index (κ2) is 11.7. The highest BCUT2D eigenvalue weighted by atomic mass is 127. The summed E-state index contributed by atoms with van der Waals surface area (Å²) in [4.78, 5) is 4.22. The zero-order chi connectivity index (χ0) is 16.3. The van der Waals surface area contributed by atoms with Crippen LogP contribution in [-0.2, 0) is 13.0 Å².